The molecule has 0 saturated carbocycles. The van der Waals surface area contributed by atoms with E-state index in [9.17, 15) is 12.8 Å². The highest BCUT2D eigenvalue weighted by Crippen LogP contribution is 2.23. The van der Waals surface area contributed by atoms with E-state index >= 15 is 0 Å². The Morgan fingerprint density at radius 3 is 2.15 bits per heavy atom. The second-order valence-corrected chi connectivity index (χ2v) is 10.0. The van der Waals surface area contributed by atoms with E-state index in [-0.39, 0.29) is 10.3 Å². The summed E-state index contributed by atoms with van der Waals surface area (Å²) in [5.74, 6) is -0.534. The van der Waals surface area contributed by atoms with Crippen LogP contribution in [0.1, 0.15) is 31.9 Å². The van der Waals surface area contributed by atoms with Crippen molar-refractivity contribution in [3.05, 3.63) is 65.5 Å². The smallest absolute Gasteiger partial charge is 0.243 e. The Balaban J connectivity index is 1.60. The first-order valence-corrected chi connectivity index (χ1v) is 10.7. The molecule has 4 nitrogen and oxygen atoms in total. The Morgan fingerprint density at radius 2 is 1.59 bits per heavy atom. The van der Waals surface area contributed by atoms with E-state index in [1.54, 1.807) is 0 Å². The van der Waals surface area contributed by atoms with Crippen LogP contribution in [0.25, 0.3) is 0 Å². The SMILES string of the molecule is CC(C)(C)c1ccc(CN2CCN(S(=O)(=O)c3cccc(F)c3)CC2)cc1. The summed E-state index contributed by atoms with van der Waals surface area (Å²) in [6.45, 7) is 9.54. The van der Waals surface area contributed by atoms with Gasteiger partial charge in [0.05, 0.1) is 4.90 Å². The van der Waals surface area contributed by atoms with Gasteiger partial charge in [-0.25, -0.2) is 12.8 Å². The molecule has 6 heteroatoms. The molecule has 3 rings (SSSR count). The fourth-order valence-electron chi connectivity index (χ4n) is 3.27. The highest BCUT2D eigenvalue weighted by atomic mass is 32.2. The molecular formula is C21H27FN2O2S. The number of sulfonamides is 1. The third kappa shape index (κ3) is 4.75. The number of halogens is 1. The van der Waals surface area contributed by atoms with Gasteiger partial charge in [0.2, 0.25) is 10.0 Å². The van der Waals surface area contributed by atoms with Crippen LogP contribution in [-0.4, -0.2) is 43.8 Å². The second kappa shape index (κ2) is 7.70. The molecule has 1 aliphatic heterocycles. The summed E-state index contributed by atoms with van der Waals surface area (Å²) < 4.78 is 40.2. The summed E-state index contributed by atoms with van der Waals surface area (Å²) in [6, 6.07) is 13.8. The highest BCUT2D eigenvalue weighted by molar-refractivity contribution is 7.89. The minimum atomic E-state index is -3.64. The van der Waals surface area contributed by atoms with Gasteiger partial charge < -0.3 is 0 Å². The van der Waals surface area contributed by atoms with E-state index < -0.39 is 15.8 Å². The zero-order valence-electron chi connectivity index (χ0n) is 16.2. The van der Waals surface area contributed by atoms with E-state index in [1.165, 1.54) is 33.6 Å². The van der Waals surface area contributed by atoms with Crippen LogP contribution in [0.3, 0.4) is 0 Å². The Bertz CT molecular complexity index is 881. The molecule has 0 radical (unpaired) electrons. The number of hydrogen-bond donors (Lipinski definition) is 0. The molecule has 1 aliphatic rings. The normalized spacial score (nSPS) is 17.2. The van der Waals surface area contributed by atoms with Crippen molar-refractivity contribution >= 4 is 10.0 Å². The molecule has 0 aliphatic carbocycles. The molecule has 27 heavy (non-hydrogen) atoms. The lowest BCUT2D eigenvalue weighted by Crippen LogP contribution is -2.48. The summed E-state index contributed by atoms with van der Waals surface area (Å²) in [6.07, 6.45) is 0. The fourth-order valence-corrected chi connectivity index (χ4v) is 4.73. The molecule has 2 aromatic carbocycles. The maximum atomic E-state index is 13.4. The first-order valence-electron chi connectivity index (χ1n) is 9.24. The average molecular weight is 391 g/mol. The van der Waals surface area contributed by atoms with Gasteiger partial charge in [-0.05, 0) is 34.7 Å². The lowest BCUT2D eigenvalue weighted by atomic mass is 9.87. The summed E-state index contributed by atoms with van der Waals surface area (Å²) in [4.78, 5) is 2.28. The lowest BCUT2D eigenvalue weighted by Gasteiger charge is -2.34. The number of hydrogen-bond acceptors (Lipinski definition) is 3. The topological polar surface area (TPSA) is 40.6 Å². The number of nitrogens with zero attached hydrogens (tertiary/aromatic N) is 2. The van der Waals surface area contributed by atoms with Crippen molar-refractivity contribution in [3.63, 3.8) is 0 Å². The Morgan fingerprint density at radius 1 is 0.963 bits per heavy atom. The van der Waals surface area contributed by atoms with Crippen LogP contribution >= 0.6 is 0 Å². The molecule has 0 atom stereocenters. The Hall–Kier alpha value is -1.76. The minimum absolute atomic E-state index is 0.0220. The monoisotopic (exact) mass is 390 g/mol. The molecule has 0 amide bonds. The quantitative estimate of drug-likeness (QED) is 0.800. The van der Waals surface area contributed by atoms with Crippen molar-refractivity contribution in [3.8, 4) is 0 Å². The van der Waals surface area contributed by atoms with E-state index in [2.05, 4.69) is 49.9 Å². The van der Waals surface area contributed by atoms with Crippen molar-refractivity contribution in [2.24, 2.45) is 0 Å². The predicted octanol–water partition coefficient (Wildman–Crippen LogP) is 3.63. The summed E-state index contributed by atoms with van der Waals surface area (Å²) in [5, 5.41) is 0. The van der Waals surface area contributed by atoms with Crippen molar-refractivity contribution in [2.45, 2.75) is 37.6 Å². The third-order valence-electron chi connectivity index (χ3n) is 4.99. The third-order valence-corrected chi connectivity index (χ3v) is 6.89. The van der Waals surface area contributed by atoms with Gasteiger partial charge in [-0.3, -0.25) is 4.90 Å². The van der Waals surface area contributed by atoms with Crippen molar-refractivity contribution in [2.75, 3.05) is 26.2 Å². The van der Waals surface area contributed by atoms with Crippen molar-refractivity contribution < 1.29 is 12.8 Å². The van der Waals surface area contributed by atoms with Gasteiger partial charge in [0.25, 0.3) is 0 Å². The average Bonchev–Trinajstić information content (AvgIpc) is 2.62. The zero-order valence-corrected chi connectivity index (χ0v) is 17.0. The minimum Gasteiger partial charge on any atom is -0.296 e. The standard InChI is InChI=1S/C21H27FN2O2S/c1-21(2,3)18-9-7-17(8-10-18)16-23-11-13-24(14-12-23)27(25,26)20-6-4-5-19(22)15-20/h4-10,15H,11-14,16H2,1-3H3. The Labute approximate surface area is 161 Å². The predicted molar refractivity (Wildman–Crippen MR) is 106 cm³/mol. The van der Waals surface area contributed by atoms with Crippen LogP contribution in [0.4, 0.5) is 4.39 Å². The van der Waals surface area contributed by atoms with Gasteiger partial charge in [-0.2, -0.15) is 4.31 Å². The lowest BCUT2D eigenvalue weighted by molar-refractivity contribution is 0.181. The molecule has 0 N–H and O–H groups in total. The maximum Gasteiger partial charge on any atom is 0.243 e. The van der Waals surface area contributed by atoms with Gasteiger partial charge in [0.1, 0.15) is 5.82 Å². The van der Waals surface area contributed by atoms with E-state index in [4.69, 9.17) is 0 Å². The molecule has 0 bridgehead atoms. The van der Waals surface area contributed by atoms with Crippen LogP contribution in [0, 0.1) is 5.82 Å². The summed E-state index contributed by atoms with van der Waals surface area (Å²) in [5.41, 5.74) is 2.66. The molecule has 0 unspecified atom stereocenters. The number of benzene rings is 2. The van der Waals surface area contributed by atoms with Crippen LogP contribution in [-0.2, 0) is 22.0 Å². The highest BCUT2D eigenvalue weighted by Gasteiger charge is 2.28. The van der Waals surface area contributed by atoms with Crippen LogP contribution in [0.2, 0.25) is 0 Å². The van der Waals surface area contributed by atoms with Crippen molar-refractivity contribution in [1.29, 1.82) is 0 Å². The molecule has 146 valence electrons. The molecule has 1 fully saturated rings. The van der Waals surface area contributed by atoms with Gasteiger partial charge in [-0.1, -0.05) is 51.1 Å². The van der Waals surface area contributed by atoms with E-state index in [1.807, 2.05) is 0 Å². The first-order chi connectivity index (χ1) is 12.7. The fraction of sp³-hybridized carbons (Fsp3) is 0.429. The molecule has 1 saturated heterocycles. The molecule has 0 spiro atoms. The van der Waals surface area contributed by atoms with Crippen LogP contribution < -0.4 is 0 Å². The molecule has 0 aromatic heterocycles. The molecule has 1 heterocycles. The summed E-state index contributed by atoms with van der Waals surface area (Å²) in [7, 11) is -3.64. The second-order valence-electron chi connectivity index (χ2n) is 8.08. The van der Waals surface area contributed by atoms with Gasteiger partial charge in [0, 0.05) is 32.7 Å². The molecular weight excluding hydrogens is 363 g/mol. The number of piperazine rings is 1. The maximum absolute atomic E-state index is 13.4. The largest absolute Gasteiger partial charge is 0.296 e. The first kappa shape index (κ1) is 20.0. The van der Waals surface area contributed by atoms with Gasteiger partial charge in [0.15, 0.2) is 0 Å². The van der Waals surface area contributed by atoms with Gasteiger partial charge in [-0.15, -0.1) is 0 Å². The zero-order chi connectivity index (χ0) is 19.7. The van der Waals surface area contributed by atoms with E-state index in [0.29, 0.717) is 26.2 Å². The van der Waals surface area contributed by atoms with Crippen LogP contribution in [0.5, 0.6) is 0 Å². The summed E-state index contributed by atoms with van der Waals surface area (Å²) >= 11 is 0. The van der Waals surface area contributed by atoms with Crippen LogP contribution in [0.15, 0.2) is 53.4 Å². The van der Waals surface area contributed by atoms with Gasteiger partial charge >= 0.3 is 0 Å². The number of rotatable bonds is 4. The Kier molecular flexibility index (Phi) is 5.70. The molecule has 2 aromatic rings. The van der Waals surface area contributed by atoms with E-state index in [0.717, 1.165) is 12.6 Å². The van der Waals surface area contributed by atoms with Crippen molar-refractivity contribution in [1.82, 2.24) is 9.21 Å².